The van der Waals surface area contributed by atoms with Gasteiger partial charge in [-0.1, -0.05) is 164 Å². The Morgan fingerprint density at radius 2 is 1.57 bits per heavy atom. The standard InChI is InChI=1S/C44H40/c1-4-16-38-32(3)25-26-34(5-2)40(38)29-27-35-28-30-43(42-24-15-14-22-39(35)42)44(36-19-10-7-11-20-36)41-23-13-12-21-37(41)31-33-17-8-6-9-18-33/h4-27,29-30,35,37H,2,28,31H2,1,3H3/b16-4-,29-27+,44-41+. The summed E-state index contributed by atoms with van der Waals surface area (Å²) in [5, 5.41) is 0. The van der Waals surface area contributed by atoms with Crippen LogP contribution in [0.3, 0.4) is 0 Å². The summed E-state index contributed by atoms with van der Waals surface area (Å²) >= 11 is 0. The van der Waals surface area contributed by atoms with Gasteiger partial charge in [0.15, 0.2) is 0 Å². The van der Waals surface area contributed by atoms with E-state index in [1.807, 2.05) is 6.08 Å². The normalized spacial score (nSPS) is 18.8. The van der Waals surface area contributed by atoms with Gasteiger partial charge in [0.05, 0.1) is 0 Å². The highest BCUT2D eigenvalue weighted by Gasteiger charge is 2.26. The molecule has 0 N–H and O–H groups in total. The Morgan fingerprint density at radius 3 is 2.34 bits per heavy atom. The third kappa shape index (κ3) is 6.08. The van der Waals surface area contributed by atoms with Crippen LogP contribution >= 0.6 is 0 Å². The minimum Gasteiger partial charge on any atom is -0.0984 e. The van der Waals surface area contributed by atoms with E-state index < -0.39 is 0 Å². The number of benzene rings is 4. The van der Waals surface area contributed by atoms with Crippen molar-refractivity contribution in [2.45, 2.75) is 32.6 Å². The molecule has 0 bridgehead atoms. The van der Waals surface area contributed by atoms with E-state index in [-0.39, 0.29) is 5.92 Å². The van der Waals surface area contributed by atoms with Gasteiger partial charge in [-0.3, -0.25) is 0 Å². The lowest BCUT2D eigenvalue weighted by Gasteiger charge is -2.29. The molecule has 216 valence electrons. The van der Waals surface area contributed by atoms with Crippen LogP contribution in [0.1, 0.15) is 63.8 Å². The van der Waals surface area contributed by atoms with Crippen molar-refractivity contribution in [2.75, 3.05) is 0 Å². The molecule has 0 fully saturated rings. The van der Waals surface area contributed by atoms with Crippen LogP contribution in [0, 0.1) is 12.8 Å². The quantitative estimate of drug-likeness (QED) is 0.198. The molecule has 2 unspecified atom stereocenters. The van der Waals surface area contributed by atoms with E-state index >= 15 is 0 Å². The zero-order valence-corrected chi connectivity index (χ0v) is 25.8. The monoisotopic (exact) mass is 568 g/mol. The molecule has 4 aromatic rings. The Morgan fingerprint density at radius 1 is 0.818 bits per heavy atom. The SMILES string of the molecule is C=Cc1ccc(C)c(/C=C\C)c1/C=C/C1CC=C(/C(=C2\C=CC=CC2Cc2ccccc2)c2ccccc2)c2ccccc21. The summed E-state index contributed by atoms with van der Waals surface area (Å²) in [5.74, 6) is 0.586. The maximum Gasteiger partial charge on any atom is 0.00678 e. The van der Waals surface area contributed by atoms with Crippen LogP contribution < -0.4 is 0 Å². The summed E-state index contributed by atoms with van der Waals surface area (Å²) in [6.07, 6.45) is 24.5. The Balaban J connectivity index is 1.45. The van der Waals surface area contributed by atoms with Gasteiger partial charge in [0, 0.05) is 11.8 Å². The van der Waals surface area contributed by atoms with Gasteiger partial charge in [-0.25, -0.2) is 0 Å². The third-order valence-corrected chi connectivity index (χ3v) is 8.86. The molecule has 6 rings (SSSR count). The molecule has 0 radical (unpaired) electrons. The van der Waals surface area contributed by atoms with Crippen molar-refractivity contribution in [3.05, 3.63) is 196 Å². The van der Waals surface area contributed by atoms with Gasteiger partial charge in [0.1, 0.15) is 0 Å². The van der Waals surface area contributed by atoms with E-state index in [0.29, 0.717) is 5.92 Å². The molecule has 2 aliphatic carbocycles. The van der Waals surface area contributed by atoms with Gasteiger partial charge in [-0.15, -0.1) is 0 Å². The number of hydrogen-bond donors (Lipinski definition) is 0. The fourth-order valence-corrected chi connectivity index (χ4v) is 6.67. The van der Waals surface area contributed by atoms with Gasteiger partial charge in [0.25, 0.3) is 0 Å². The first-order valence-electron chi connectivity index (χ1n) is 15.7. The Hall–Kier alpha value is -4.94. The molecule has 0 spiro atoms. The number of aryl methyl sites for hydroxylation is 1. The first-order valence-corrected chi connectivity index (χ1v) is 15.7. The highest BCUT2D eigenvalue weighted by Crippen LogP contribution is 2.45. The van der Waals surface area contributed by atoms with Crippen molar-refractivity contribution in [2.24, 2.45) is 5.92 Å². The fourth-order valence-electron chi connectivity index (χ4n) is 6.67. The molecule has 0 amide bonds. The second-order valence-electron chi connectivity index (χ2n) is 11.6. The predicted molar refractivity (Wildman–Crippen MR) is 192 cm³/mol. The Labute approximate surface area is 263 Å². The number of hydrogen-bond acceptors (Lipinski definition) is 0. The molecule has 0 saturated carbocycles. The van der Waals surface area contributed by atoms with Crippen LogP contribution in [0.4, 0.5) is 0 Å². The molecule has 2 atom stereocenters. The van der Waals surface area contributed by atoms with Gasteiger partial charge < -0.3 is 0 Å². The van der Waals surface area contributed by atoms with Crippen molar-refractivity contribution >= 4 is 29.4 Å². The van der Waals surface area contributed by atoms with Crippen molar-refractivity contribution in [1.29, 1.82) is 0 Å². The molecule has 0 nitrogen and oxygen atoms in total. The molecule has 44 heavy (non-hydrogen) atoms. The summed E-state index contributed by atoms with van der Waals surface area (Å²) < 4.78 is 0. The number of rotatable bonds is 8. The van der Waals surface area contributed by atoms with Crippen LogP contribution in [0.2, 0.25) is 0 Å². The summed E-state index contributed by atoms with van der Waals surface area (Å²) in [6.45, 7) is 8.37. The average molecular weight is 569 g/mol. The maximum atomic E-state index is 4.11. The van der Waals surface area contributed by atoms with Gasteiger partial charge in [-0.2, -0.15) is 0 Å². The topological polar surface area (TPSA) is 0 Å². The first kappa shape index (κ1) is 29.1. The summed E-state index contributed by atoms with van der Waals surface area (Å²) in [7, 11) is 0. The molecule has 0 aromatic heterocycles. The van der Waals surface area contributed by atoms with Crippen LogP contribution in [0.25, 0.3) is 29.4 Å². The maximum absolute atomic E-state index is 4.11. The van der Waals surface area contributed by atoms with Gasteiger partial charge >= 0.3 is 0 Å². The smallest absolute Gasteiger partial charge is 0.00678 e. The largest absolute Gasteiger partial charge is 0.0984 e. The van der Waals surface area contributed by atoms with Crippen molar-refractivity contribution in [3.63, 3.8) is 0 Å². The van der Waals surface area contributed by atoms with E-state index in [1.54, 1.807) is 0 Å². The second-order valence-corrected chi connectivity index (χ2v) is 11.6. The highest BCUT2D eigenvalue weighted by molar-refractivity contribution is 6.08. The van der Waals surface area contributed by atoms with Crippen LogP contribution in [0.15, 0.2) is 152 Å². The van der Waals surface area contributed by atoms with E-state index in [0.717, 1.165) is 18.4 Å². The van der Waals surface area contributed by atoms with E-state index in [2.05, 4.69) is 172 Å². The van der Waals surface area contributed by atoms with E-state index in [4.69, 9.17) is 0 Å². The summed E-state index contributed by atoms with van der Waals surface area (Å²) in [5.41, 5.74) is 14.3. The molecule has 0 saturated heterocycles. The molecular weight excluding hydrogens is 528 g/mol. The van der Waals surface area contributed by atoms with Crippen molar-refractivity contribution < 1.29 is 0 Å². The van der Waals surface area contributed by atoms with E-state index in [1.165, 1.54) is 55.7 Å². The summed E-state index contributed by atoms with van der Waals surface area (Å²) in [6, 6.07) is 35.2. The van der Waals surface area contributed by atoms with Crippen molar-refractivity contribution in [1.82, 2.24) is 0 Å². The zero-order chi connectivity index (χ0) is 30.3. The molecule has 4 aromatic carbocycles. The lowest BCUT2D eigenvalue weighted by molar-refractivity contribution is 0.769. The molecule has 0 heterocycles. The molecular formula is C44H40. The first-order chi connectivity index (χ1) is 21.7. The highest BCUT2D eigenvalue weighted by atomic mass is 14.3. The summed E-state index contributed by atoms with van der Waals surface area (Å²) in [4.78, 5) is 0. The van der Waals surface area contributed by atoms with E-state index in [9.17, 15) is 0 Å². The Bertz CT molecular complexity index is 1820. The minimum absolute atomic E-state index is 0.288. The van der Waals surface area contributed by atoms with Crippen LogP contribution in [0.5, 0.6) is 0 Å². The van der Waals surface area contributed by atoms with Crippen molar-refractivity contribution in [3.8, 4) is 0 Å². The van der Waals surface area contributed by atoms with Crippen LogP contribution in [-0.4, -0.2) is 0 Å². The minimum atomic E-state index is 0.288. The molecule has 2 aliphatic rings. The number of fused-ring (bicyclic) bond motifs is 1. The molecule has 0 heteroatoms. The predicted octanol–water partition coefficient (Wildman–Crippen LogP) is 11.7. The Kier molecular flexibility index (Phi) is 8.99. The lowest BCUT2D eigenvalue weighted by Crippen LogP contribution is -2.12. The average Bonchev–Trinajstić information content (AvgIpc) is 3.07. The fraction of sp³-hybridized carbons (Fsp3) is 0.136. The van der Waals surface area contributed by atoms with Crippen LogP contribution in [-0.2, 0) is 6.42 Å². The second kappa shape index (κ2) is 13.6. The van der Waals surface area contributed by atoms with Gasteiger partial charge in [0.2, 0.25) is 0 Å². The van der Waals surface area contributed by atoms with Gasteiger partial charge in [-0.05, 0) is 87.9 Å². The molecule has 0 aliphatic heterocycles. The number of allylic oxidation sites excluding steroid dienone is 10. The third-order valence-electron chi connectivity index (χ3n) is 8.86. The zero-order valence-electron chi connectivity index (χ0n) is 25.8. The lowest BCUT2D eigenvalue weighted by atomic mass is 9.75.